The van der Waals surface area contributed by atoms with Crippen LogP contribution >= 0.6 is 11.3 Å². The normalized spacial score (nSPS) is 13.5. The number of methoxy groups -OCH3 is 1. The predicted molar refractivity (Wildman–Crippen MR) is 88.4 cm³/mol. The average molecular weight is 331 g/mol. The second kappa shape index (κ2) is 6.37. The van der Waals surface area contributed by atoms with Crippen LogP contribution in [0.1, 0.15) is 38.4 Å². The Kier molecular flexibility index (Phi) is 4.29. The standard InChI is InChI=1S/C16H17N3O3S/c1-9-3-4-10(14(20)18-11-5-6-11)7-12(9)19-16-17-8-13(23-16)15(21)22-2/h3-4,7-8,11H,5-6H2,1-2H3,(H,17,19)(H,18,20). The molecule has 23 heavy (non-hydrogen) atoms. The van der Waals surface area contributed by atoms with Crippen LogP contribution in [0.15, 0.2) is 24.4 Å². The number of ether oxygens (including phenoxy) is 1. The van der Waals surface area contributed by atoms with Crippen molar-refractivity contribution in [2.45, 2.75) is 25.8 Å². The molecule has 120 valence electrons. The number of aryl methyl sites for hydroxylation is 1. The number of esters is 1. The molecule has 0 radical (unpaired) electrons. The lowest BCUT2D eigenvalue weighted by Crippen LogP contribution is -2.25. The summed E-state index contributed by atoms with van der Waals surface area (Å²) < 4.78 is 4.67. The Morgan fingerprint density at radius 1 is 1.35 bits per heavy atom. The molecule has 0 bridgehead atoms. The zero-order valence-electron chi connectivity index (χ0n) is 12.9. The maximum Gasteiger partial charge on any atom is 0.349 e. The second-order valence-electron chi connectivity index (χ2n) is 5.42. The molecule has 1 aromatic heterocycles. The molecule has 0 unspecified atom stereocenters. The number of thiazole rings is 1. The summed E-state index contributed by atoms with van der Waals surface area (Å²) in [4.78, 5) is 28.2. The van der Waals surface area contributed by atoms with Crippen LogP contribution in [-0.4, -0.2) is 30.0 Å². The van der Waals surface area contributed by atoms with Crippen molar-refractivity contribution in [1.82, 2.24) is 10.3 Å². The molecule has 0 spiro atoms. The second-order valence-corrected chi connectivity index (χ2v) is 6.45. The summed E-state index contributed by atoms with van der Waals surface area (Å²) in [6, 6.07) is 5.81. The van der Waals surface area contributed by atoms with Crippen LogP contribution in [0.5, 0.6) is 0 Å². The zero-order valence-corrected chi connectivity index (χ0v) is 13.7. The summed E-state index contributed by atoms with van der Waals surface area (Å²) in [5, 5.41) is 6.70. The molecule has 0 atom stereocenters. The Morgan fingerprint density at radius 2 is 2.13 bits per heavy atom. The summed E-state index contributed by atoms with van der Waals surface area (Å²) in [5.41, 5.74) is 2.39. The minimum absolute atomic E-state index is 0.0649. The summed E-state index contributed by atoms with van der Waals surface area (Å²) >= 11 is 1.21. The van der Waals surface area contributed by atoms with Gasteiger partial charge in [0.15, 0.2) is 5.13 Å². The third-order valence-corrected chi connectivity index (χ3v) is 4.44. The lowest BCUT2D eigenvalue weighted by Gasteiger charge is -2.10. The van der Waals surface area contributed by atoms with Gasteiger partial charge in [0.25, 0.3) is 5.91 Å². The van der Waals surface area contributed by atoms with E-state index < -0.39 is 5.97 Å². The Labute approximate surface area is 137 Å². The number of nitrogens with zero attached hydrogens (tertiary/aromatic N) is 1. The van der Waals surface area contributed by atoms with E-state index in [1.807, 2.05) is 13.0 Å². The van der Waals surface area contributed by atoms with E-state index in [2.05, 4.69) is 20.4 Å². The largest absolute Gasteiger partial charge is 0.465 e. The van der Waals surface area contributed by atoms with E-state index in [1.165, 1.54) is 24.6 Å². The Hall–Kier alpha value is -2.41. The van der Waals surface area contributed by atoms with Crippen LogP contribution in [0.2, 0.25) is 0 Å². The minimum Gasteiger partial charge on any atom is -0.465 e. The van der Waals surface area contributed by atoms with Crippen LogP contribution in [0.4, 0.5) is 10.8 Å². The van der Waals surface area contributed by atoms with Gasteiger partial charge in [0, 0.05) is 17.3 Å². The maximum absolute atomic E-state index is 12.1. The van der Waals surface area contributed by atoms with E-state index in [1.54, 1.807) is 12.1 Å². The number of hydrogen-bond donors (Lipinski definition) is 2. The van der Waals surface area contributed by atoms with Gasteiger partial charge in [0.1, 0.15) is 4.88 Å². The van der Waals surface area contributed by atoms with Crippen LogP contribution < -0.4 is 10.6 Å². The molecule has 7 heteroatoms. The van der Waals surface area contributed by atoms with Crippen LogP contribution in [-0.2, 0) is 4.74 Å². The molecule has 2 N–H and O–H groups in total. The summed E-state index contributed by atoms with van der Waals surface area (Å²) in [6.45, 7) is 1.94. The van der Waals surface area contributed by atoms with Gasteiger partial charge in [-0.1, -0.05) is 17.4 Å². The fraction of sp³-hybridized carbons (Fsp3) is 0.312. The average Bonchev–Trinajstić information content (AvgIpc) is 3.24. The predicted octanol–water partition coefficient (Wildman–Crippen LogP) is 2.87. The number of amides is 1. The number of anilines is 2. The van der Waals surface area contributed by atoms with Gasteiger partial charge in [0.2, 0.25) is 0 Å². The molecular weight excluding hydrogens is 314 g/mol. The number of hydrogen-bond acceptors (Lipinski definition) is 6. The smallest absolute Gasteiger partial charge is 0.349 e. The van der Waals surface area contributed by atoms with Crippen LogP contribution in [0, 0.1) is 6.92 Å². The third kappa shape index (κ3) is 3.68. The van der Waals surface area contributed by atoms with Gasteiger partial charge in [-0.3, -0.25) is 4.79 Å². The van der Waals surface area contributed by atoms with E-state index in [0.29, 0.717) is 21.6 Å². The molecule has 0 saturated heterocycles. The molecule has 2 aromatic rings. The minimum atomic E-state index is -0.412. The highest BCUT2D eigenvalue weighted by Crippen LogP contribution is 2.26. The Balaban J connectivity index is 1.77. The molecule has 1 aliphatic rings. The highest BCUT2D eigenvalue weighted by Gasteiger charge is 2.24. The van der Waals surface area contributed by atoms with Crippen LogP contribution in [0.25, 0.3) is 0 Å². The van der Waals surface area contributed by atoms with Gasteiger partial charge in [-0.25, -0.2) is 9.78 Å². The van der Waals surface area contributed by atoms with Crippen molar-refractivity contribution in [1.29, 1.82) is 0 Å². The fourth-order valence-electron chi connectivity index (χ4n) is 2.04. The highest BCUT2D eigenvalue weighted by atomic mass is 32.1. The molecule has 1 aromatic carbocycles. The van der Waals surface area contributed by atoms with Crippen molar-refractivity contribution in [3.63, 3.8) is 0 Å². The number of rotatable bonds is 5. The first-order valence-corrected chi connectivity index (χ1v) is 8.11. The number of carbonyl (C=O) groups excluding carboxylic acids is 2. The van der Waals surface area contributed by atoms with Crippen LogP contribution in [0.3, 0.4) is 0 Å². The summed E-state index contributed by atoms with van der Waals surface area (Å²) in [5.74, 6) is -0.477. The molecule has 1 heterocycles. The van der Waals surface area contributed by atoms with E-state index in [0.717, 1.165) is 24.1 Å². The molecule has 6 nitrogen and oxygen atoms in total. The van der Waals surface area contributed by atoms with Crippen molar-refractivity contribution < 1.29 is 14.3 Å². The molecule has 0 aliphatic heterocycles. The van der Waals surface area contributed by atoms with Gasteiger partial charge in [-0.2, -0.15) is 0 Å². The van der Waals surface area contributed by atoms with Gasteiger partial charge in [0.05, 0.1) is 13.3 Å². The van der Waals surface area contributed by atoms with Crippen molar-refractivity contribution in [3.05, 3.63) is 40.4 Å². The van der Waals surface area contributed by atoms with E-state index in [9.17, 15) is 9.59 Å². The van der Waals surface area contributed by atoms with Crippen molar-refractivity contribution in [3.8, 4) is 0 Å². The topological polar surface area (TPSA) is 80.3 Å². The lowest BCUT2D eigenvalue weighted by atomic mass is 10.1. The third-order valence-electron chi connectivity index (χ3n) is 3.55. The molecule has 1 saturated carbocycles. The van der Waals surface area contributed by atoms with Crippen molar-refractivity contribution in [2.24, 2.45) is 0 Å². The van der Waals surface area contributed by atoms with Gasteiger partial charge < -0.3 is 15.4 Å². The maximum atomic E-state index is 12.1. The molecule has 1 fully saturated rings. The fourth-order valence-corrected chi connectivity index (χ4v) is 2.78. The van der Waals surface area contributed by atoms with Gasteiger partial charge in [-0.15, -0.1) is 0 Å². The Bertz CT molecular complexity index is 753. The number of benzene rings is 1. The molecule has 1 aliphatic carbocycles. The first-order valence-electron chi connectivity index (χ1n) is 7.29. The molecular formula is C16H17N3O3S. The monoisotopic (exact) mass is 331 g/mol. The summed E-state index contributed by atoms with van der Waals surface area (Å²) in [7, 11) is 1.33. The highest BCUT2D eigenvalue weighted by molar-refractivity contribution is 7.17. The number of nitrogens with one attached hydrogen (secondary N) is 2. The van der Waals surface area contributed by atoms with Crippen molar-refractivity contribution in [2.75, 3.05) is 12.4 Å². The quantitative estimate of drug-likeness (QED) is 0.824. The molecule has 3 rings (SSSR count). The number of aromatic nitrogens is 1. The first kappa shape index (κ1) is 15.5. The van der Waals surface area contributed by atoms with E-state index >= 15 is 0 Å². The van der Waals surface area contributed by atoms with E-state index in [4.69, 9.17) is 0 Å². The summed E-state index contributed by atoms with van der Waals surface area (Å²) in [6.07, 6.45) is 3.58. The number of carbonyl (C=O) groups is 2. The van der Waals surface area contributed by atoms with Gasteiger partial charge >= 0.3 is 5.97 Å². The lowest BCUT2D eigenvalue weighted by molar-refractivity contribution is 0.0606. The zero-order chi connectivity index (χ0) is 16.4. The SMILES string of the molecule is COC(=O)c1cnc(Nc2cc(C(=O)NC3CC3)ccc2C)s1. The molecule has 1 amide bonds. The first-order chi connectivity index (χ1) is 11.1. The van der Waals surface area contributed by atoms with Crippen molar-refractivity contribution >= 4 is 34.0 Å². The van der Waals surface area contributed by atoms with Gasteiger partial charge in [-0.05, 0) is 37.5 Å². The van der Waals surface area contributed by atoms with E-state index in [-0.39, 0.29) is 5.91 Å². The Morgan fingerprint density at radius 3 is 2.83 bits per heavy atom.